The van der Waals surface area contributed by atoms with E-state index in [1.54, 1.807) is 0 Å². The van der Waals surface area contributed by atoms with Crippen LogP contribution in [0.1, 0.15) is 24.3 Å². The van der Waals surface area contributed by atoms with Crippen LogP contribution in [0.5, 0.6) is 0 Å². The van der Waals surface area contributed by atoms with E-state index < -0.39 is 0 Å². The molecule has 0 radical (unpaired) electrons. The molecule has 3 heterocycles. The minimum atomic E-state index is -0.0996. The molecule has 3 rings (SSSR count). The lowest BCUT2D eigenvalue weighted by Gasteiger charge is -2.33. The monoisotopic (exact) mass is 329 g/mol. The zero-order chi connectivity index (χ0) is 13.1. The lowest BCUT2D eigenvalue weighted by molar-refractivity contribution is -0.133. The van der Waals surface area contributed by atoms with Gasteiger partial charge in [-0.05, 0) is 36.5 Å². The van der Waals surface area contributed by atoms with Crippen LogP contribution < -0.4 is 5.32 Å². The number of likely N-dealkylation sites (tertiary alicyclic amines) is 1. The van der Waals surface area contributed by atoms with Crippen LogP contribution in [0.3, 0.4) is 0 Å². The molecule has 1 aromatic heterocycles. The van der Waals surface area contributed by atoms with E-state index in [-0.39, 0.29) is 36.8 Å². The normalized spacial score (nSPS) is 21.5. The molecule has 0 saturated carbocycles. The van der Waals surface area contributed by atoms with E-state index in [0.29, 0.717) is 5.92 Å². The molecule has 1 amide bonds. The average molecular weight is 330 g/mol. The van der Waals surface area contributed by atoms with Crippen LogP contribution in [0.2, 0.25) is 0 Å². The van der Waals surface area contributed by atoms with Gasteiger partial charge in [-0.2, -0.15) is 0 Å². The van der Waals surface area contributed by atoms with Crippen molar-refractivity contribution in [3.05, 3.63) is 42.2 Å². The molecule has 1 unspecified atom stereocenters. The maximum absolute atomic E-state index is 12.2. The van der Waals surface area contributed by atoms with Crippen molar-refractivity contribution in [2.24, 2.45) is 0 Å². The Balaban J connectivity index is 0.00000110. The van der Waals surface area contributed by atoms with Gasteiger partial charge in [0.25, 0.3) is 0 Å². The summed E-state index contributed by atoms with van der Waals surface area (Å²) in [7, 11) is 0. The number of amides is 1. The summed E-state index contributed by atoms with van der Waals surface area (Å²) < 4.78 is 0. The molecule has 116 valence electrons. The van der Waals surface area contributed by atoms with Gasteiger partial charge in [0.2, 0.25) is 5.91 Å². The van der Waals surface area contributed by atoms with E-state index in [4.69, 9.17) is 0 Å². The third-order valence-electron chi connectivity index (χ3n) is 4.03. The SMILES string of the molecule is Cl.Cl.O=C(C1C=CCN1)N1CCC(c2ccncc2)CC1. The van der Waals surface area contributed by atoms with Gasteiger partial charge in [-0.15, -0.1) is 24.8 Å². The fourth-order valence-corrected chi connectivity index (χ4v) is 2.90. The molecule has 2 aliphatic rings. The highest BCUT2D eigenvalue weighted by Gasteiger charge is 2.28. The second kappa shape index (κ2) is 8.37. The molecule has 1 N–H and O–H groups in total. The molecular formula is C15H21Cl2N3O. The van der Waals surface area contributed by atoms with Gasteiger partial charge in [-0.1, -0.05) is 12.2 Å². The smallest absolute Gasteiger partial charge is 0.243 e. The zero-order valence-corrected chi connectivity index (χ0v) is 13.4. The first-order valence-corrected chi connectivity index (χ1v) is 6.93. The van der Waals surface area contributed by atoms with Gasteiger partial charge in [0.05, 0.1) is 0 Å². The third kappa shape index (κ3) is 4.19. The number of piperidine rings is 1. The first-order chi connectivity index (χ1) is 9.34. The molecule has 1 fully saturated rings. The summed E-state index contributed by atoms with van der Waals surface area (Å²) in [6.07, 6.45) is 9.78. The van der Waals surface area contributed by atoms with Crippen molar-refractivity contribution < 1.29 is 4.79 Å². The van der Waals surface area contributed by atoms with Crippen molar-refractivity contribution in [3.63, 3.8) is 0 Å². The van der Waals surface area contributed by atoms with Crippen LogP contribution in [0.25, 0.3) is 0 Å². The molecule has 1 aromatic rings. The molecule has 0 aliphatic carbocycles. The Labute approximate surface area is 137 Å². The first-order valence-electron chi connectivity index (χ1n) is 6.93. The lowest BCUT2D eigenvalue weighted by atomic mass is 9.90. The number of rotatable bonds is 2. The molecule has 0 spiro atoms. The largest absolute Gasteiger partial charge is 0.341 e. The van der Waals surface area contributed by atoms with Gasteiger partial charge in [0.1, 0.15) is 6.04 Å². The molecule has 6 heteroatoms. The number of halogens is 2. The highest BCUT2D eigenvalue weighted by molar-refractivity contribution is 5.85. The molecule has 0 aromatic carbocycles. The van der Waals surface area contributed by atoms with Gasteiger partial charge in [0, 0.05) is 32.0 Å². The summed E-state index contributed by atoms with van der Waals surface area (Å²) >= 11 is 0. The number of pyridine rings is 1. The van der Waals surface area contributed by atoms with Crippen molar-refractivity contribution >= 4 is 30.7 Å². The van der Waals surface area contributed by atoms with Crippen molar-refractivity contribution in [2.45, 2.75) is 24.8 Å². The third-order valence-corrected chi connectivity index (χ3v) is 4.03. The number of hydrogen-bond donors (Lipinski definition) is 1. The summed E-state index contributed by atoms with van der Waals surface area (Å²) in [5, 5.41) is 3.19. The maximum Gasteiger partial charge on any atom is 0.243 e. The average Bonchev–Trinajstić information content (AvgIpc) is 3.02. The highest BCUT2D eigenvalue weighted by atomic mass is 35.5. The van der Waals surface area contributed by atoms with E-state index in [0.717, 1.165) is 32.5 Å². The van der Waals surface area contributed by atoms with Crippen LogP contribution in [-0.2, 0) is 4.79 Å². The van der Waals surface area contributed by atoms with Crippen molar-refractivity contribution in [2.75, 3.05) is 19.6 Å². The van der Waals surface area contributed by atoms with E-state index in [2.05, 4.69) is 22.4 Å². The minimum absolute atomic E-state index is 0. The fourth-order valence-electron chi connectivity index (χ4n) is 2.90. The highest BCUT2D eigenvalue weighted by Crippen LogP contribution is 2.27. The minimum Gasteiger partial charge on any atom is -0.341 e. The number of aromatic nitrogens is 1. The van der Waals surface area contributed by atoms with Crippen molar-refractivity contribution in [3.8, 4) is 0 Å². The Morgan fingerprint density at radius 1 is 1.19 bits per heavy atom. The Kier molecular flexibility index (Phi) is 7.15. The number of carbonyl (C=O) groups excluding carboxylic acids is 1. The first kappa shape index (κ1) is 18.0. The Bertz CT molecular complexity index is 473. The van der Waals surface area contributed by atoms with Crippen LogP contribution in [0, 0.1) is 0 Å². The Morgan fingerprint density at radius 3 is 2.43 bits per heavy atom. The fraction of sp³-hybridized carbons (Fsp3) is 0.467. The van der Waals surface area contributed by atoms with Gasteiger partial charge in [0.15, 0.2) is 0 Å². The topological polar surface area (TPSA) is 45.2 Å². The van der Waals surface area contributed by atoms with Crippen LogP contribution in [-0.4, -0.2) is 41.5 Å². The Hall–Kier alpha value is -1.10. The van der Waals surface area contributed by atoms with Crippen LogP contribution in [0.15, 0.2) is 36.7 Å². The summed E-state index contributed by atoms with van der Waals surface area (Å²) in [5.74, 6) is 0.793. The van der Waals surface area contributed by atoms with Crippen molar-refractivity contribution in [1.82, 2.24) is 15.2 Å². The van der Waals surface area contributed by atoms with E-state index in [1.807, 2.05) is 29.4 Å². The molecule has 4 nitrogen and oxygen atoms in total. The van der Waals surface area contributed by atoms with E-state index in [9.17, 15) is 4.79 Å². The van der Waals surface area contributed by atoms with Gasteiger partial charge < -0.3 is 4.90 Å². The molecule has 1 saturated heterocycles. The maximum atomic E-state index is 12.2. The Morgan fingerprint density at radius 2 is 1.86 bits per heavy atom. The standard InChI is InChI=1S/C15H19N3O.2ClH/c19-15(14-2-1-7-17-14)18-10-5-13(6-11-18)12-3-8-16-9-4-12;;/h1-4,8-9,13-14,17H,5-7,10-11H2;2*1H. The summed E-state index contributed by atoms with van der Waals surface area (Å²) in [5.41, 5.74) is 1.35. The predicted octanol–water partition coefficient (Wildman–Crippen LogP) is 2.16. The van der Waals surface area contributed by atoms with Crippen LogP contribution in [0.4, 0.5) is 0 Å². The predicted molar refractivity (Wildman–Crippen MR) is 88.2 cm³/mol. The zero-order valence-electron chi connectivity index (χ0n) is 11.8. The quantitative estimate of drug-likeness (QED) is 0.846. The van der Waals surface area contributed by atoms with Crippen LogP contribution >= 0.6 is 24.8 Å². The van der Waals surface area contributed by atoms with Gasteiger partial charge in [-0.25, -0.2) is 0 Å². The van der Waals surface area contributed by atoms with E-state index >= 15 is 0 Å². The number of hydrogen-bond acceptors (Lipinski definition) is 3. The second-order valence-corrected chi connectivity index (χ2v) is 5.19. The van der Waals surface area contributed by atoms with E-state index in [1.165, 1.54) is 5.56 Å². The summed E-state index contributed by atoms with van der Waals surface area (Å²) in [6.45, 7) is 2.53. The number of nitrogens with one attached hydrogen (secondary N) is 1. The second-order valence-electron chi connectivity index (χ2n) is 5.19. The number of nitrogens with zero attached hydrogens (tertiary/aromatic N) is 2. The van der Waals surface area contributed by atoms with Gasteiger partial charge >= 0.3 is 0 Å². The molecular weight excluding hydrogens is 309 g/mol. The molecule has 2 aliphatic heterocycles. The summed E-state index contributed by atoms with van der Waals surface area (Å²) in [4.78, 5) is 18.3. The summed E-state index contributed by atoms with van der Waals surface area (Å²) in [6, 6.07) is 4.07. The lowest BCUT2D eigenvalue weighted by Crippen LogP contribution is -2.46. The molecule has 0 bridgehead atoms. The molecule has 1 atom stereocenters. The van der Waals surface area contributed by atoms with Crippen molar-refractivity contribution in [1.29, 1.82) is 0 Å². The number of carbonyl (C=O) groups is 1. The molecule has 21 heavy (non-hydrogen) atoms. The van der Waals surface area contributed by atoms with Gasteiger partial charge in [-0.3, -0.25) is 15.1 Å².